The number of unbranched alkanes of at least 4 members (excludes halogenated alkanes) is 2. The predicted octanol–water partition coefficient (Wildman–Crippen LogP) is 8.17. The van der Waals surface area contributed by atoms with Crippen molar-refractivity contribution in [1.82, 2.24) is 18.3 Å². The number of carbonyl (C=O) groups is 1. The van der Waals surface area contributed by atoms with Crippen molar-refractivity contribution in [3.05, 3.63) is 142 Å². The van der Waals surface area contributed by atoms with E-state index in [1.165, 1.54) is 0 Å². The summed E-state index contributed by atoms with van der Waals surface area (Å²) < 4.78 is 6.56. The molecule has 4 aromatic carbocycles. The number of imidazole rings is 2. The fraction of sp³-hybridized carbons (Fsp3) is 0.205. The molecular formula is C39H40N6O3. The average Bonchev–Trinajstić information content (AvgIpc) is 3.55. The third-order valence-electron chi connectivity index (χ3n) is 8.34. The molecule has 0 aliphatic carbocycles. The lowest BCUT2D eigenvalue weighted by molar-refractivity contribution is 0.262. The largest absolute Gasteiger partial charge is 0.334 e. The van der Waals surface area contributed by atoms with Gasteiger partial charge in [-0.3, -0.25) is 19.8 Å². The van der Waals surface area contributed by atoms with Crippen LogP contribution in [-0.4, -0.2) is 24.3 Å². The van der Waals surface area contributed by atoms with Crippen molar-refractivity contribution in [1.29, 1.82) is 0 Å². The maximum absolute atomic E-state index is 14.3. The van der Waals surface area contributed by atoms with E-state index in [0.29, 0.717) is 47.5 Å². The van der Waals surface area contributed by atoms with Crippen molar-refractivity contribution < 1.29 is 4.79 Å². The topological polar surface area (TPSA) is 95.0 Å². The molecule has 0 spiro atoms. The molecule has 0 atom stereocenters. The first-order valence-corrected chi connectivity index (χ1v) is 16.5. The molecule has 244 valence electrons. The second kappa shape index (κ2) is 14.7. The number of urea groups is 1. The predicted molar refractivity (Wildman–Crippen MR) is 193 cm³/mol. The van der Waals surface area contributed by atoms with Crippen LogP contribution in [0.1, 0.15) is 39.5 Å². The van der Waals surface area contributed by atoms with Gasteiger partial charge in [-0.2, -0.15) is 0 Å². The van der Waals surface area contributed by atoms with Gasteiger partial charge in [0, 0.05) is 24.2 Å². The number of anilines is 2. The van der Waals surface area contributed by atoms with E-state index in [1.807, 2.05) is 121 Å². The average molecular weight is 641 g/mol. The number of hydrogen-bond donors (Lipinski definition) is 2. The number of rotatable bonds is 12. The van der Waals surface area contributed by atoms with Crippen LogP contribution in [0.4, 0.5) is 16.4 Å². The van der Waals surface area contributed by atoms with Crippen LogP contribution in [0.5, 0.6) is 0 Å². The highest BCUT2D eigenvalue weighted by atomic mass is 16.2. The Morgan fingerprint density at radius 3 is 1.19 bits per heavy atom. The number of benzene rings is 4. The van der Waals surface area contributed by atoms with Gasteiger partial charge in [-0.1, -0.05) is 124 Å². The number of nitrogens with one attached hydrogen (secondary N) is 2. The highest BCUT2D eigenvalue weighted by molar-refractivity contribution is 6.03. The van der Waals surface area contributed by atoms with Gasteiger partial charge in [0.25, 0.3) is 0 Å². The number of carbonyl (C=O) groups excluding carboxylic acids is 1. The molecule has 9 heteroatoms. The van der Waals surface area contributed by atoms with Crippen molar-refractivity contribution >= 4 is 17.7 Å². The Morgan fingerprint density at radius 2 is 0.854 bits per heavy atom. The van der Waals surface area contributed by atoms with E-state index >= 15 is 0 Å². The lowest BCUT2D eigenvalue weighted by atomic mass is 10.1. The Labute approximate surface area is 279 Å². The Morgan fingerprint density at radius 1 is 0.521 bits per heavy atom. The Bertz CT molecular complexity index is 1940. The zero-order valence-corrected chi connectivity index (χ0v) is 27.3. The molecule has 0 unspecified atom stereocenters. The Kier molecular flexibility index (Phi) is 9.85. The summed E-state index contributed by atoms with van der Waals surface area (Å²) in [5.41, 5.74) is 3.57. The van der Waals surface area contributed by atoms with Crippen LogP contribution in [0.3, 0.4) is 0 Å². The van der Waals surface area contributed by atoms with Gasteiger partial charge in [0.1, 0.15) is 11.6 Å². The summed E-state index contributed by atoms with van der Waals surface area (Å²) in [5.74, 6) is 0.678. The van der Waals surface area contributed by atoms with E-state index < -0.39 is 6.03 Å². The molecule has 2 amide bonds. The normalized spacial score (nSPS) is 11.0. The molecule has 0 bridgehead atoms. The molecule has 48 heavy (non-hydrogen) atoms. The summed E-state index contributed by atoms with van der Waals surface area (Å²) in [7, 11) is 0. The van der Waals surface area contributed by atoms with Gasteiger partial charge in [-0.15, -0.1) is 0 Å². The number of hydrogen-bond acceptors (Lipinski definition) is 3. The second-order valence-corrected chi connectivity index (χ2v) is 11.6. The molecular weight excluding hydrogens is 600 g/mol. The quantitative estimate of drug-likeness (QED) is 0.141. The van der Waals surface area contributed by atoms with Gasteiger partial charge in [0.2, 0.25) is 0 Å². The summed E-state index contributed by atoms with van der Waals surface area (Å²) in [5, 5.41) is 6.12. The monoisotopic (exact) mass is 640 g/mol. The van der Waals surface area contributed by atoms with Crippen molar-refractivity contribution in [3.63, 3.8) is 0 Å². The van der Waals surface area contributed by atoms with Crippen LogP contribution in [0.25, 0.3) is 33.9 Å². The smallest absolute Gasteiger partial charge is 0.291 e. The Hall–Kier alpha value is -5.83. The molecule has 0 saturated heterocycles. The van der Waals surface area contributed by atoms with E-state index in [1.54, 1.807) is 18.3 Å². The molecule has 0 aliphatic heterocycles. The van der Waals surface area contributed by atoms with Gasteiger partial charge < -0.3 is 0 Å². The molecule has 2 heterocycles. The summed E-state index contributed by atoms with van der Waals surface area (Å²) >= 11 is 0. The van der Waals surface area contributed by atoms with Crippen LogP contribution in [0.2, 0.25) is 0 Å². The van der Waals surface area contributed by atoms with Crippen molar-refractivity contribution in [2.24, 2.45) is 0 Å². The zero-order chi connectivity index (χ0) is 33.5. The standard InChI is InChI=1S/C39H40N6O3/c1-3-5-27-42-33(29-19-11-7-12-20-29)35(44(38(42)47)31-23-15-9-16-24-31)40-37(46)41-36-34(30-21-13-8-14-22-30)43(28-6-4-2)39(48)45(36)32-25-17-10-18-26-32/h7-26H,3-6,27-28H2,1-2H3,(H2,40,41,46). The fourth-order valence-electron chi connectivity index (χ4n) is 6.03. The maximum atomic E-state index is 14.3. The van der Waals surface area contributed by atoms with Crippen LogP contribution in [-0.2, 0) is 13.1 Å². The fourth-order valence-corrected chi connectivity index (χ4v) is 6.03. The molecule has 6 rings (SSSR count). The van der Waals surface area contributed by atoms with E-state index in [2.05, 4.69) is 24.5 Å². The van der Waals surface area contributed by atoms with Crippen molar-refractivity contribution in [2.75, 3.05) is 10.6 Å². The van der Waals surface area contributed by atoms with Crippen LogP contribution >= 0.6 is 0 Å². The van der Waals surface area contributed by atoms with Crippen molar-refractivity contribution in [3.8, 4) is 33.9 Å². The minimum atomic E-state index is -0.584. The second-order valence-electron chi connectivity index (χ2n) is 11.6. The minimum absolute atomic E-state index is 0.249. The zero-order valence-electron chi connectivity index (χ0n) is 27.3. The molecule has 2 aromatic heterocycles. The third kappa shape index (κ3) is 6.40. The molecule has 6 aromatic rings. The first kappa shape index (κ1) is 32.1. The summed E-state index contributed by atoms with van der Waals surface area (Å²) in [6, 6.07) is 37.3. The number of aromatic nitrogens is 4. The van der Waals surface area contributed by atoms with Gasteiger partial charge in [-0.05, 0) is 37.1 Å². The SMILES string of the molecule is CCCCn1c(-c2ccccc2)c(NC(=O)Nc2c(-c3ccccc3)n(CCCC)c(=O)n2-c2ccccc2)n(-c2ccccc2)c1=O. The van der Waals surface area contributed by atoms with Gasteiger partial charge in [0.15, 0.2) is 0 Å². The Balaban J connectivity index is 1.53. The summed E-state index contributed by atoms with van der Waals surface area (Å²) in [6.45, 7) is 5.14. The number of para-hydroxylation sites is 2. The van der Waals surface area contributed by atoms with E-state index in [0.717, 1.165) is 36.8 Å². The molecule has 0 saturated carbocycles. The van der Waals surface area contributed by atoms with Gasteiger partial charge in [-0.25, -0.2) is 23.5 Å². The maximum Gasteiger partial charge on any atom is 0.334 e. The van der Waals surface area contributed by atoms with Crippen LogP contribution in [0, 0.1) is 0 Å². The number of amides is 2. The molecule has 0 fully saturated rings. The van der Waals surface area contributed by atoms with E-state index in [4.69, 9.17) is 0 Å². The summed E-state index contributed by atoms with van der Waals surface area (Å²) in [4.78, 5) is 42.6. The highest BCUT2D eigenvalue weighted by Gasteiger charge is 2.27. The first-order valence-electron chi connectivity index (χ1n) is 16.5. The van der Waals surface area contributed by atoms with Crippen LogP contribution < -0.4 is 22.0 Å². The van der Waals surface area contributed by atoms with E-state index in [9.17, 15) is 14.4 Å². The third-order valence-corrected chi connectivity index (χ3v) is 8.34. The summed E-state index contributed by atoms with van der Waals surface area (Å²) in [6.07, 6.45) is 3.38. The van der Waals surface area contributed by atoms with Gasteiger partial charge in [0.05, 0.1) is 22.8 Å². The molecule has 0 radical (unpaired) electrons. The molecule has 9 nitrogen and oxygen atoms in total. The first-order chi connectivity index (χ1) is 23.5. The van der Waals surface area contributed by atoms with Crippen molar-refractivity contribution in [2.45, 2.75) is 52.6 Å². The van der Waals surface area contributed by atoms with E-state index in [-0.39, 0.29) is 11.4 Å². The van der Waals surface area contributed by atoms with Gasteiger partial charge >= 0.3 is 17.4 Å². The highest BCUT2D eigenvalue weighted by Crippen LogP contribution is 2.33. The minimum Gasteiger partial charge on any atom is -0.291 e. The van der Waals surface area contributed by atoms with Crippen LogP contribution in [0.15, 0.2) is 131 Å². The lowest BCUT2D eigenvalue weighted by Crippen LogP contribution is -2.27. The number of nitrogens with zero attached hydrogens (tertiary/aromatic N) is 4. The molecule has 2 N–H and O–H groups in total. The molecule has 0 aliphatic rings. The lowest BCUT2D eigenvalue weighted by Gasteiger charge is -2.15.